The summed E-state index contributed by atoms with van der Waals surface area (Å²) in [6.45, 7) is 8.43. The van der Waals surface area contributed by atoms with Crippen LogP contribution in [0.2, 0.25) is 0 Å². The van der Waals surface area contributed by atoms with Gasteiger partial charge in [0.15, 0.2) is 0 Å². The minimum absolute atomic E-state index is 0. The summed E-state index contributed by atoms with van der Waals surface area (Å²) in [5.74, 6) is 0.712. The molecule has 1 aromatic carbocycles. The van der Waals surface area contributed by atoms with Gasteiger partial charge in [0.05, 0.1) is 0 Å². The van der Waals surface area contributed by atoms with E-state index in [9.17, 15) is 0 Å². The Labute approximate surface area is 113 Å². The Hall–Kier alpha value is -1.30. The van der Waals surface area contributed by atoms with Crippen molar-refractivity contribution >= 4 is 5.57 Å². The summed E-state index contributed by atoms with van der Waals surface area (Å²) >= 11 is 0. The second-order valence-corrected chi connectivity index (χ2v) is 4.44. The summed E-state index contributed by atoms with van der Waals surface area (Å²) in [4.78, 5) is 0. The lowest BCUT2D eigenvalue weighted by molar-refractivity contribution is 0.662. The Morgan fingerprint density at radius 2 is 1.89 bits per heavy atom. The third-order valence-electron chi connectivity index (χ3n) is 2.94. The molecule has 1 aliphatic carbocycles. The first kappa shape index (κ1) is 16.7. The molecular formula is C18H28. The lowest BCUT2D eigenvalue weighted by atomic mass is 10.0. The van der Waals surface area contributed by atoms with E-state index in [1.165, 1.54) is 29.5 Å². The van der Waals surface area contributed by atoms with E-state index in [0.717, 1.165) is 0 Å². The van der Waals surface area contributed by atoms with Crippen molar-refractivity contribution in [2.45, 2.75) is 48.0 Å². The van der Waals surface area contributed by atoms with Crippen LogP contribution in [-0.4, -0.2) is 0 Å². The quantitative estimate of drug-likeness (QED) is 0.566. The monoisotopic (exact) mass is 244 g/mol. The molecule has 0 aromatic heterocycles. The van der Waals surface area contributed by atoms with Gasteiger partial charge < -0.3 is 0 Å². The van der Waals surface area contributed by atoms with E-state index in [4.69, 9.17) is 0 Å². The average molecular weight is 244 g/mol. The Kier molecular flexibility index (Phi) is 8.11. The molecule has 0 nitrogen and oxygen atoms in total. The van der Waals surface area contributed by atoms with Crippen molar-refractivity contribution in [3.05, 3.63) is 53.6 Å². The van der Waals surface area contributed by atoms with Crippen LogP contribution in [0.4, 0.5) is 0 Å². The van der Waals surface area contributed by atoms with E-state index in [1.807, 2.05) is 13.8 Å². The molecule has 0 saturated carbocycles. The van der Waals surface area contributed by atoms with Gasteiger partial charge in [0.2, 0.25) is 0 Å². The summed E-state index contributed by atoms with van der Waals surface area (Å²) < 4.78 is 0. The van der Waals surface area contributed by atoms with Crippen molar-refractivity contribution in [1.29, 1.82) is 0 Å². The van der Waals surface area contributed by atoms with Crippen LogP contribution >= 0.6 is 0 Å². The van der Waals surface area contributed by atoms with Gasteiger partial charge in [-0.3, -0.25) is 0 Å². The number of allylic oxidation sites excluding steroid dienone is 4. The van der Waals surface area contributed by atoms with Gasteiger partial charge in [-0.25, -0.2) is 0 Å². The summed E-state index contributed by atoms with van der Waals surface area (Å²) in [5, 5.41) is 0. The topological polar surface area (TPSA) is 0 Å². The summed E-state index contributed by atoms with van der Waals surface area (Å²) in [7, 11) is 0. The van der Waals surface area contributed by atoms with Gasteiger partial charge in [0.1, 0.15) is 0 Å². The Morgan fingerprint density at radius 3 is 2.56 bits per heavy atom. The van der Waals surface area contributed by atoms with Crippen molar-refractivity contribution in [2.24, 2.45) is 5.92 Å². The molecule has 1 atom stereocenters. The van der Waals surface area contributed by atoms with Crippen molar-refractivity contribution in [2.75, 3.05) is 0 Å². The summed E-state index contributed by atoms with van der Waals surface area (Å²) in [6, 6.07) is 8.73. The van der Waals surface area contributed by atoms with E-state index in [2.05, 4.69) is 56.3 Å². The molecule has 1 unspecified atom stereocenters. The first-order chi connectivity index (χ1) is 8.25. The third-order valence-corrected chi connectivity index (χ3v) is 2.94. The molecule has 0 radical (unpaired) electrons. The molecule has 0 spiro atoms. The van der Waals surface area contributed by atoms with Gasteiger partial charge in [-0.15, -0.1) is 0 Å². The highest BCUT2D eigenvalue weighted by molar-refractivity contribution is 5.74. The Bertz CT molecular complexity index is 396. The molecule has 0 bridgehead atoms. The fraction of sp³-hybridized carbons (Fsp3) is 0.444. The second kappa shape index (κ2) is 8.74. The van der Waals surface area contributed by atoms with Crippen LogP contribution in [0.15, 0.2) is 42.5 Å². The fourth-order valence-electron chi connectivity index (χ4n) is 1.97. The van der Waals surface area contributed by atoms with E-state index in [1.54, 1.807) is 0 Å². The number of hydrogen-bond acceptors (Lipinski definition) is 0. The predicted octanol–water partition coefficient (Wildman–Crippen LogP) is 6.03. The molecule has 0 aliphatic heterocycles. The van der Waals surface area contributed by atoms with Gasteiger partial charge in [-0.2, -0.15) is 0 Å². The van der Waals surface area contributed by atoms with Crippen LogP contribution in [0, 0.1) is 12.8 Å². The first-order valence-electron chi connectivity index (χ1n) is 6.71. The van der Waals surface area contributed by atoms with E-state index >= 15 is 0 Å². The normalized spacial score (nSPS) is 17.8. The highest BCUT2D eigenvalue weighted by Crippen LogP contribution is 2.23. The molecule has 0 heteroatoms. The Balaban J connectivity index is 0.000000917. The highest BCUT2D eigenvalue weighted by Gasteiger charge is 2.04. The zero-order valence-electron chi connectivity index (χ0n) is 11.5. The van der Waals surface area contributed by atoms with Crippen LogP contribution in [0.5, 0.6) is 0 Å². The summed E-state index contributed by atoms with van der Waals surface area (Å²) in [5.41, 5.74) is 4.06. The number of aryl methyl sites for hydroxylation is 1. The van der Waals surface area contributed by atoms with Gasteiger partial charge in [0.25, 0.3) is 0 Å². The number of hydrogen-bond donors (Lipinski definition) is 0. The van der Waals surface area contributed by atoms with Crippen molar-refractivity contribution in [3.8, 4) is 0 Å². The molecule has 2 rings (SSSR count). The zero-order valence-corrected chi connectivity index (χ0v) is 11.5. The lowest BCUT2D eigenvalue weighted by Crippen LogP contribution is -1.84. The number of benzene rings is 1. The maximum Gasteiger partial charge on any atom is -0.0185 e. The first-order valence-corrected chi connectivity index (χ1v) is 6.71. The molecule has 0 N–H and O–H groups in total. The molecule has 0 amide bonds. The van der Waals surface area contributed by atoms with Crippen LogP contribution in [0.25, 0.3) is 5.57 Å². The molecule has 0 saturated heterocycles. The molecule has 1 aromatic rings. The molecule has 0 heterocycles. The SMILES string of the molecule is C.CC.Cc1cccc(C2=CCCC(C)C=C2)c1. The standard InChI is InChI=1S/C15H18.C2H6.CH4/c1-12-5-3-7-14(10-9-12)15-8-4-6-13(2)11-15;1-2;/h4,6-12H,3,5H2,1-2H3;1-2H3;1H4. The molecule has 1 aliphatic rings. The predicted molar refractivity (Wildman–Crippen MR) is 84.8 cm³/mol. The number of rotatable bonds is 1. The maximum atomic E-state index is 2.36. The molecular weight excluding hydrogens is 216 g/mol. The van der Waals surface area contributed by atoms with Crippen LogP contribution < -0.4 is 0 Å². The van der Waals surface area contributed by atoms with Gasteiger partial charge in [0, 0.05) is 0 Å². The van der Waals surface area contributed by atoms with Gasteiger partial charge in [-0.1, -0.05) is 76.3 Å². The van der Waals surface area contributed by atoms with E-state index in [-0.39, 0.29) is 7.43 Å². The lowest BCUT2D eigenvalue weighted by Gasteiger charge is -2.02. The third kappa shape index (κ3) is 4.91. The Morgan fingerprint density at radius 1 is 1.17 bits per heavy atom. The second-order valence-electron chi connectivity index (χ2n) is 4.44. The van der Waals surface area contributed by atoms with Crippen molar-refractivity contribution in [1.82, 2.24) is 0 Å². The van der Waals surface area contributed by atoms with Crippen LogP contribution in [0.1, 0.15) is 52.2 Å². The largest absolute Gasteiger partial charge is 0.0811 e. The smallest absolute Gasteiger partial charge is 0.0185 e. The zero-order chi connectivity index (χ0) is 12.7. The minimum atomic E-state index is 0. The highest BCUT2D eigenvalue weighted by atomic mass is 14.1. The van der Waals surface area contributed by atoms with Gasteiger partial charge >= 0.3 is 0 Å². The molecule has 0 fully saturated rings. The fourth-order valence-corrected chi connectivity index (χ4v) is 1.97. The van der Waals surface area contributed by atoms with E-state index < -0.39 is 0 Å². The molecule has 18 heavy (non-hydrogen) atoms. The van der Waals surface area contributed by atoms with E-state index in [0.29, 0.717) is 5.92 Å². The average Bonchev–Trinajstić information content (AvgIpc) is 2.57. The van der Waals surface area contributed by atoms with Gasteiger partial charge in [-0.05, 0) is 36.8 Å². The van der Waals surface area contributed by atoms with Crippen molar-refractivity contribution < 1.29 is 0 Å². The molecule has 100 valence electrons. The minimum Gasteiger partial charge on any atom is -0.0811 e. The van der Waals surface area contributed by atoms with Crippen molar-refractivity contribution in [3.63, 3.8) is 0 Å². The van der Waals surface area contributed by atoms with Crippen LogP contribution in [-0.2, 0) is 0 Å². The summed E-state index contributed by atoms with van der Waals surface area (Å²) in [6.07, 6.45) is 9.41. The maximum absolute atomic E-state index is 2.36. The van der Waals surface area contributed by atoms with Crippen LogP contribution in [0.3, 0.4) is 0 Å².